The monoisotopic (exact) mass is 221 g/mol. The Hall–Kier alpha value is -1.88. The molecule has 74 valence electrons. The first kappa shape index (κ1) is 8.43. The van der Waals surface area contributed by atoms with E-state index in [-0.39, 0.29) is 0 Å². The molecule has 0 saturated carbocycles. The third-order valence-corrected chi connectivity index (χ3v) is 2.40. The van der Waals surface area contributed by atoms with Gasteiger partial charge < -0.3 is 4.42 Å². The molecule has 1 N–H and O–H groups in total. The summed E-state index contributed by atoms with van der Waals surface area (Å²) in [4.78, 5) is 21.5. The number of fused-ring (bicyclic) bond motifs is 3. The van der Waals surface area contributed by atoms with Gasteiger partial charge in [0.25, 0.3) is 0 Å². The Bertz CT molecular complexity index is 716. The number of H-pyrrole nitrogens is 1. The molecule has 5 nitrogen and oxygen atoms in total. The molecule has 3 heterocycles. The molecule has 3 rings (SSSR count). The van der Waals surface area contributed by atoms with Crippen LogP contribution in [-0.4, -0.2) is 15.0 Å². The van der Waals surface area contributed by atoms with Crippen LogP contribution < -0.4 is 5.76 Å². The Morgan fingerprint density at radius 2 is 2.27 bits per heavy atom. The van der Waals surface area contributed by atoms with Gasteiger partial charge in [0, 0.05) is 6.20 Å². The highest BCUT2D eigenvalue weighted by Crippen LogP contribution is 2.24. The van der Waals surface area contributed by atoms with Crippen LogP contribution in [0.1, 0.15) is 0 Å². The van der Waals surface area contributed by atoms with Gasteiger partial charge in [0.2, 0.25) is 0 Å². The van der Waals surface area contributed by atoms with Crippen molar-refractivity contribution in [2.24, 2.45) is 0 Å². The van der Waals surface area contributed by atoms with Gasteiger partial charge in [-0.15, -0.1) is 0 Å². The molecule has 0 aliphatic heterocycles. The second-order valence-corrected chi connectivity index (χ2v) is 3.37. The molecule has 0 fully saturated rings. The van der Waals surface area contributed by atoms with Gasteiger partial charge in [0.05, 0.1) is 11.6 Å². The molecule has 0 spiro atoms. The van der Waals surface area contributed by atoms with E-state index in [0.717, 1.165) is 0 Å². The SMILES string of the molecule is O=c1[nH]c2cnc3c(Cl)nccc3c2o1. The maximum atomic E-state index is 11.0. The van der Waals surface area contributed by atoms with Crippen LogP contribution in [0.25, 0.3) is 22.0 Å². The van der Waals surface area contributed by atoms with E-state index in [0.29, 0.717) is 27.2 Å². The molecule has 6 heteroatoms. The molecule has 15 heavy (non-hydrogen) atoms. The summed E-state index contributed by atoms with van der Waals surface area (Å²) >= 11 is 5.86. The van der Waals surface area contributed by atoms with Crippen molar-refractivity contribution in [1.82, 2.24) is 15.0 Å². The zero-order valence-electron chi connectivity index (χ0n) is 7.32. The molecule has 0 aromatic carbocycles. The molecular weight excluding hydrogens is 218 g/mol. The van der Waals surface area contributed by atoms with Gasteiger partial charge in [-0.1, -0.05) is 11.6 Å². The van der Waals surface area contributed by atoms with Gasteiger partial charge in [-0.05, 0) is 6.07 Å². The lowest BCUT2D eigenvalue weighted by atomic mass is 10.2. The number of hydrogen-bond donors (Lipinski definition) is 1. The van der Waals surface area contributed by atoms with Crippen LogP contribution in [0, 0.1) is 0 Å². The topological polar surface area (TPSA) is 71.8 Å². The fraction of sp³-hybridized carbons (Fsp3) is 0. The number of pyridine rings is 2. The Labute approximate surface area is 87.7 Å². The van der Waals surface area contributed by atoms with Crippen LogP contribution in [0.5, 0.6) is 0 Å². The van der Waals surface area contributed by atoms with Crippen molar-refractivity contribution >= 4 is 33.6 Å². The average Bonchev–Trinajstić information content (AvgIpc) is 2.59. The highest BCUT2D eigenvalue weighted by atomic mass is 35.5. The van der Waals surface area contributed by atoms with Crippen molar-refractivity contribution in [1.29, 1.82) is 0 Å². The standard InChI is InChI=1S/C9H4ClN3O2/c10-8-6-4(1-2-11-8)7-5(3-12-6)13-9(14)15-7/h1-3H,(H,13,14). The number of hydrogen-bond acceptors (Lipinski definition) is 4. The van der Waals surface area contributed by atoms with Crippen molar-refractivity contribution < 1.29 is 4.42 Å². The molecule has 3 aromatic heterocycles. The fourth-order valence-electron chi connectivity index (χ4n) is 1.49. The first-order valence-electron chi connectivity index (χ1n) is 4.18. The average molecular weight is 222 g/mol. The predicted molar refractivity (Wildman–Crippen MR) is 54.9 cm³/mol. The van der Waals surface area contributed by atoms with Crippen LogP contribution >= 0.6 is 11.6 Å². The summed E-state index contributed by atoms with van der Waals surface area (Å²) < 4.78 is 5.00. The Morgan fingerprint density at radius 3 is 3.13 bits per heavy atom. The molecule has 0 saturated heterocycles. The minimum Gasteiger partial charge on any atom is -0.407 e. The van der Waals surface area contributed by atoms with E-state index in [4.69, 9.17) is 16.0 Å². The second-order valence-electron chi connectivity index (χ2n) is 3.01. The van der Waals surface area contributed by atoms with Crippen molar-refractivity contribution in [3.8, 4) is 0 Å². The minimum atomic E-state index is -0.507. The van der Waals surface area contributed by atoms with Crippen molar-refractivity contribution in [3.63, 3.8) is 0 Å². The largest absolute Gasteiger partial charge is 0.417 e. The molecule has 3 aromatic rings. The lowest BCUT2D eigenvalue weighted by Crippen LogP contribution is -1.92. The van der Waals surface area contributed by atoms with Gasteiger partial charge >= 0.3 is 5.76 Å². The number of halogens is 1. The molecule has 0 radical (unpaired) electrons. The van der Waals surface area contributed by atoms with Gasteiger partial charge in [0.1, 0.15) is 11.0 Å². The van der Waals surface area contributed by atoms with Crippen LogP contribution in [0.2, 0.25) is 5.15 Å². The molecule has 0 unspecified atom stereocenters. The summed E-state index contributed by atoms with van der Waals surface area (Å²) in [5.41, 5.74) is 1.53. The molecule has 0 atom stereocenters. The van der Waals surface area contributed by atoms with Gasteiger partial charge in [-0.25, -0.2) is 9.78 Å². The molecule has 0 aliphatic carbocycles. The normalized spacial score (nSPS) is 11.3. The fourth-order valence-corrected chi connectivity index (χ4v) is 1.70. The van der Waals surface area contributed by atoms with Crippen molar-refractivity contribution in [2.75, 3.05) is 0 Å². The van der Waals surface area contributed by atoms with E-state index in [9.17, 15) is 4.79 Å². The smallest absolute Gasteiger partial charge is 0.407 e. The minimum absolute atomic E-state index is 0.290. The predicted octanol–water partition coefficient (Wildman–Crippen LogP) is 1.72. The van der Waals surface area contributed by atoms with E-state index in [2.05, 4.69) is 15.0 Å². The third-order valence-electron chi connectivity index (χ3n) is 2.12. The van der Waals surface area contributed by atoms with Crippen LogP contribution in [-0.2, 0) is 0 Å². The van der Waals surface area contributed by atoms with Gasteiger partial charge in [-0.2, -0.15) is 0 Å². The molecular formula is C9H4ClN3O2. The summed E-state index contributed by atoms with van der Waals surface area (Å²) in [6, 6.07) is 1.70. The maximum Gasteiger partial charge on any atom is 0.417 e. The number of rotatable bonds is 0. The number of aromatic nitrogens is 3. The third kappa shape index (κ3) is 1.13. The van der Waals surface area contributed by atoms with E-state index >= 15 is 0 Å². The first-order valence-corrected chi connectivity index (χ1v) is 4.55. The first-order chi connectivity index (χ1) is 7.25. The summed E-state index contributed by atoms with van der Waals surface area (Å²) in [5.74, 6) is -0.507. The highest BCUT2D eigenvalue weighted by Gasteiger charge is 2.09. The lowest BCUT2D eigenvalue weighted by Gasteiger charge is -1.97. The Morgan fingerprint density at radius 1 is 1.40 bits per heavy atom. The van der Waals surface area contributed by atoms with Gasteiger partial charge in [-0.3, -0.25) is 9.97 Å². The summed E-state index contributed by atoms with van der Waals surface area (Å²) in [6.45, 7) is 0. The van der Waals surface area contributed by atoms with E-state index in [1.54, 1.807) is 12.3 Å². The zero-order chi connectivity index (χ0) is 10.4. The molecule has 0 aliphatic rings. The van der Waals surface area contributed by atoms with E-state index in [1.807, 2.05) is 0 Å². The quantitative estimate of drug-likeness (QED) is 0.587. The summed E-state index contributed by atoms with van der Waals surface area (Å²) in [5, 5.41) is 0.962. The van der Waals surface area contributed by atoms with Crippen LogP contribution in [0.3, 0.4) is 0 Å². The Balaban J connectivity index is 2.65. The summed E-state index contributed by atoms with van der Waals surface area (Å²) in [6.07, 6.45) is 3.04. The highest BCUT2D eigenvalue weighted by molar-refractivity contribution is 6.34. The number of nitrogens with zero attached hydrogens (tertiary/aromatic N) is 2. The maximum absolute atomic E-state index is 11.0. The number of aromatic amines is 1. The van der Waals surface area contributed by atoms with E-state index in [1.165, 1.54) is 6.20 Å². The van der Waals surface area contributed by atoms with E-state index < -0.39 is 5.76 Å². The van der Waals surface area contributed by atoms with Crippen LogP contribution in [0.4, 0.5) is 0 Å². The van der Waals surface area contributed by atoms with Gasteiger partial charge in [0.15, 0.2) is 10.7 Å². The second kappa shape index (κ2) is 2.80. The number of oxazole rings is 1. The van der Waals surface area contributed by atoms with Crippen LogP contribution in [0.15, 0.2) is 27.7 Å². The molecule has 0 amide bonds. The summed E-state index contributed by atoms with van der Waals surface area (Å²) in [7, 11) is 0. The van der Waals surface area contributed by atoms with Crippen molar-refractivity contribution in [2.45, 2.75) is 0 Å². The number of nitrogens with one attached hydrogen (secondary N) is 1. The zero-order valence-corrected chi connectivity index (χ0v) is 8.08. The van der Waals surface area contributed by atoms with Crippen molar-refractivity contribution in [3.05, 3.63) is 34.2 Å². The Kier molecular flexibility index (Phi) is 1.58. The lowest BCUT2D eigenvalue weighted by molar-refractivity contribution is 0.558. The molecule has 0 bridgehead atoms.